The minimum absolute atomic E-state index is 0.133. The van der Waals surface area contributed by atoms with E-state index in [1.54, 1.807) is 38.1 Å². The summed E-state index contributed by atoms with van der Waals surface area (Å²) >= 11 is -0.750. The highest BCUT2D eigenvalue weighted by atomic mass is 32.1. The van der Waals surface area contributed by atoms with Gasteiger partial charge in [0.2, 0.25) is 0 Å². The van der Waals surface area contributed by atoms with Crippen LogP contribution in [-0.2, 0) is 24.4 Å². The Kier molecular flexibility index (Phi) is 9.60. The molecule has 3 aromatic carbocycles. The largest absolute Gasteiger partial charge is 0.573 e. The molecule has 252 valence electrons. The number of hydrogen-bond donors (Lipinski definition) is 1. The van der Waals surface area contributed by atoms with Gasteiger partial charge >= 0.3 is 24.1 Å². The van der Waals surface area contributed by atoms with Crippen molar-refractivity contribution >= 4 is 11.6 Å². The van der Waals surface area contributed by atoms with E-state index in [0.29, 0.717) is 40.8 Å². The van der Waals surface area contributed by atoms with E-state index >= 15 is 0 Å². The summed E-state index contributed by atoms with van der Waals surface area (Å²) < 4.78 is 122. The third-order valence-corrected chi connectivity index (χ3v) is 7.50. The van der Waals surface area contributed by atoms with Gasteiger partial charge in [-0.15, -0.1) is 13.2 Å². The van der Waals surface area contributed by atoms with E-state index in [-0.39, 0.29) is 40.1 Å². The molecule has 1 fully saturated rings. The number of hydrogen-bond acceptors (Lipinski definition) is 7. The molecule has 1 saturated carbocycles. The molecule has 2 aromatic heterocycles. The highest BCUT2D eigenvalue weighted by Gasteiger charge is 2.39. The molecule has 0 radical (unpaired) electrons. The fourth-order valence-corrected chi connectivity index (χ4v) is 5.24. The van der Waals surface area contributed by atoms with Gasteiger partial charge in [0.1, 0.15) is 17.3 Å². The second-order valence-electron chi connectivity index (χ2n) is 10.8. The maximum Gasteiger partial charge on any atom is 0.573 e. The molecular weight excluding hydrogens is 671 g/mol. The first-order valence-corrected chi connectivity index (χ1v) is 14.8. The summed E-state index contributed by atoms with van der Waals surface area (Å²) in [7, 11) is 0. The molecule has 8 nitrogen and oxygen atoms in total. The number of benzene rings is 3. The second kappa shape index (κ2) is 13.4. The standard InChI is InChI=1S/C32H24F7N3O3.O2S/c1-16-11-21(13-25(33)24(16)15-43)20-7-10-26(42-27(18-3-4-18)14-28(41-42)31(34,35)36)23(12-20)29-30(44-17(2)40-29)19-5-8-22(9-6-19)45-32(37,38)39;1-3-2/h5-14,18,43H,3-4,15H2,1-2H3;. The van der Waals surface area contributed by atoms with Crippen LogP contribution in [-0.4, -0.2) is 34.7 Å². The van der Waals surface area contributed by atoms with Crippen LogP contribution >= 0.6 is 0 Å². The Morgan fingerprint density at radius 1 is 0.938 bits per heavy atom. The number of nitrogens with zero attached hydrogens (tertiary/aromatic N) is 3. The van der Waals surface area contributed by atoms with Gasteiger partial charge in [-0.2, -0.15) is 26.7 Å². The lowest BCUT2D eigenvalue weighted by molar-refractivity contribution is -0.274. The predicted molar refractivity (Wildman–Crippen MR) is 158 cm³/mol. The number of rotatable bonds is 7. The zero-order valence-electron chi connectivity index (χ0n) is 24.9. The van der Waals surface area contributed by atoms with Crippen molar-refractivity contribution in [1.82, 2.24) is 14.8 Å². The van der Waals surface area contributed by atoms with Gasteiger partial charge in [0.05, 0.1) is 12.3 Å². The van der Waals surface area contributed by atoms with Gasteiger partial charge in [0.15, 0.2) is 17.3 Å². The first kappa shape index (κ1) is 34.5. The molecule has 1 N–H and O–H groups in total. The molecule has 2 heterocycles. The third-order valence-electron chi connectivity index (χ3n) is 7.50. The van der Waals surface area contributed by atoms with Crippen LogP contribution in [0.3, 0.4) is 0 Å². The SMILES string of the molecule is Cc1nc(-c2cc(-c3cc(C)c(CO)c(F)c3)ccc2-n2nc(C(F)(F)F)cc2C2CC2)c(-c2ccc(OC(F)(F)F)cc2)o1.O=S=O. The average molecular weight is 696 g/mol. The Labute approximate surface area is 271 Å². The van der Waals surface area contributed by atoms with Crippen LogP contribution < -0.4 is 4.74 Å². The Morgan fingerprint density at radius 2 is 1.58 bits per heavy atom. The van der Waals surface area contributed by atoms with Crippen molar-refractivity contribution in [2.75, 3.05) is 0 Å². The minimum Gasteiger partial charge on any atom is -0.440 e. The highest BCUT2D eigenvalue weighted by Crippen LogP contribution is 2.45. The maximum absolute atomic E-state index is 14.9. The number of halogens is 7. The van der Waals surface area contributed by atoms with Gasteiger partial charge < -0.3 is 14.3 Å². The van der Waals surface area contributed by atoms with Crippen molar-refractivity contribution in [3.8, 4) is 45.1 Å². The average Bonchev–Trinajstić information content (AvgIpc) is 3.62. The molecule has 16 heteroatoms. The molecular formula is C32H24F7N3O5S. The summed E-state index contributed by atoms with van der Waals surface area (Å²) in [6, 6.07) is 13.6. The Bertz CT molecular complexity index is 1970. The van der Waals surface area contributed by atoms with Crippen LogP contribution in [0.25, 0.3) is 39.4 Å². The topological polar surface area (TPSA) is 107 Å². The summed E-state index contributed by atoms with van der Waals surface area (Å²) in [5.74, 6) is -0.904. The lowest BCUT2D eigenvalue weighted by Gasteiger charge is -2.15. The smallest absolute Gasteiger partial charge is 0.440 e. The van der Waals surface area contributed by atoms with Crippen molar-refractivity contribution in [3.63, 3.8) is 0 Å². The van der Waals surface area contributed by atoms with Crippen LogP contribution in [0.2, 0.25) is 0 Å². The van der Waals surface area contributed by atoms with Crippen molar-refractivity contribution in [2.24, 2.45) is 0 Å². The van der Waals surface area contributed by atoms with E-state index in [0.717, 1.165) is 18.2 Å². The first-order chi connectivity index (χ1) is 22.6. The van der Waals surface area contributed by atoms with Crippen LogP contribution in [0.15, 0.2) is 65.1 Å². The maximum atomic E-state index is 14.9. The van der Waals surface area contributed by atoms with Crippen molar-refractivity contribution in [3.05, 3.63) is 94.9 Å². The molecule has 1 aliphatic rings. The van der Waals surface area contributed by atoms with Crippen molar-refractivity contribution < 1.29 is 53.4 Å². The number of alkyl halides is 6. The summed E-state index contributed by atoms with van der Waals surface area (Å²) in [6.45, 7) is 2.69. The lowest BCUT2D eigenvalue weighted by Crippen LogP contribution is -2.16. The minimum atomic E-state index is -4.89. The highest BCUT2D eigenvalue weighted by molar-refractivity contribution is 7.51. The van der Waals surface area contributed by atoms with Crippen LogP contribution in [0.1, 0.15) is 47.2 Å². The molecule has 5 aromatic rings. The van der Waals surface area contributed by atoms with Crippen LogP contribution in [0, 0.1) is 19.7 Å². The summed E-state index contributed by atoms with van der Waals surface area (Å²) in [5.41, 5.74) is 1.89. The molecule has 0 unspecified atom stereocenters. The van der Waals surface area contributed by atoms with Gasteiger partial charge in [-0.05, 0) is 85.0 Å². The normalized spacial score (nSPS) is 13.2. The van der Waals surface area contributed by atoms with E-state index in [4.69, 9.17) is 12.8 Å². The first-order valence-electron chi connectivity index (χ1n) is 14.1. The van der Waals surface area contributed by atoms with Crippen LogP contribution in [0.4, 0.5) is 30.7 Å². The van der Waals surface area contributed by atoms with Crippen LogP contribution in [0.5, 0.6) is 5.75 Å². The predicted octanol–water partition coefficient (Wildman–Crippen LogP) is 8.23. The van der Waals surface area contributed by atoms with Crippen molar-refractivity contribution in [1.29, 1.82) is 0 Å². The Hall–Kier alpha value is -4.83. The number of aliphatic hydroxyl groups is 1. The van der Waals surface area contributed by atoms with E-state index in [1.807, 2.05) is 0 Å². The number of aryl methyl sites for hydroxylation is 2. The third kappa shape index (κ3) is 7.49. The molecule has 0 spiro atoms. The molecule has 0 atom stereocenters. The van der Waals surface area contributed by atoms with E-state index < -0.39 is 48.0 Å². The summed E-state index contributed by atoms with van der Waals surface area (Å²) in [5, 5.41) is 13.5. The molecule has 48 heavy (non-hydrogen) atoms. The molecule has 6 rings (SSSR count). The fourth-order valence-electron chi connectivity index (χ4n) is 5.24. The zero-order valence-corrected chi connectivity index (χ0v) is 25.8. The Balaban J connectivity index is 0.00000145. The van der Waals surface area contributed by atoms with E-state index in [1.165, 1.54) is 22.9 Å². The van der Waals surface area contributed by atoms with Gasteiger partial charge in [-0.25, -0.2) is 14.1 Å². The molecule has 0 amide bonds. The van der Waals surface area contributed by atoms with Gasteiger partial charge in [0.25, 0.3) is 0 Å². The fraction of sp³-hybridized carbons (Fsp3) is 0.250. The molecule has 0 saturated heterocycles. The van der Waals surface area contributed by atoms with Crippen molar-refractivity contribution in [2.45, 2.75) is 51.8 Å². The lowest BCUT2D eigenvalue weighted by atomic mass is 9.95. The molecule has 0 aliphatic heterocycles. The zero-order chi connectivity index (χ0) is 35.0. The quantitative estimate of drug-likeness (QED) is 0.171. The number of aliphatic hydroxyl groups excluding tert-OH is 1. The van der Waals surface area contributed by atoms with E-state index in [9.17, 15) is 35.8 Å². The number of ether oxygens (including phenoxy) is 1. The summed E-state index contributed by atoms with van der Waals surface area (Å²) in [4.78, 5) is 4.52. The van der Waals surface area contributed by atoms with Gasteiger partial charge in [-0.1, -0.05) is 12.1 Å². The van der Waals surface area contributed by atoms with Gasteiger partial charge in [0, 0.05) is 35.2 Å². The Morgan fingerprint density at radius 3 is 2.15 bits per heavy atom. The number of aromatic nitrogens is 3. The van der Waals surface area contributed by atoms with E-state index in [2.05, 4.69) is 14.8 Å². The molecule has 1 aliphatic carbocycles. The summed E-state index contributed by atoms with van der Waals surface area (Å²) in [6.07, 6.45) is -8.22. The second-order valence-corrected chi connectivity index (χ2v) is 11.0. The monoisotopic (exact) mass is 695 g/mol. The molecule has 0 bridgehead atoms. The van der Waals surface area contributed by atoms with Gasteiger partial charge in [-0.3, -0.25) is 0 Å². The number of oxazole rings is 1.